The first-order valence-corrected chi connectivity index (χ1v) is 7.24. The first-order chi connectivity index (χ1) is 8.70. The Morgan fingerprint density at radius 3 is 2.94 bits per heavy atom. The van der Waals surface area contributed by atoms with E-state index in [0.717, 1.165) is 35.0 Å². The van der Waals surface area contributed by atoms with E-state index in [2.05, 4.69) is 31.4 Å². The number of aryl methyl sites for hydroxylation is 1. The van der Waals surface area contributed by atoms with Crippen LogP contribution >= 0.6 is 27.3 Å². The Kier molecular flexibility index (Phi) is 4.79. The first kappa shape index (κ1) is 13.6. The van der Waals surface area contributed by atoms with Crippen LogP contribution in [0.1, 0.15) is 11.4 Å². The van der Waals surface area contributed by atoms with Gasteiger partial charge in [0.1, 0.15) is 15.8 Å². The zero-order chi connectivity index (χ0) is 13.0. The van der Waals surface area contributed by atoms with Crippen molar-refractivity contribution in [2.45, 2.75) is 12.8 Å². The van der Waals surface area contributed by atoms with Gasteiger partial charge in [-0.2, -0.15) is 0 Å². The van der Waals surface area contributed by atoms with Crippen LogP contribution in [0.5, 0.6) is 0 Å². The molecule has 0 aliphatic heterocycles. The van der Waals surface area contributed by atoms with E-state index in [9.17, 15) is 4.39 Å². The predicted molar refractivity (Wildman–Crippen MR) is 75.3 cm³/mol. The van der Waals surface area contributed by atoms with Crippen molar-refractivity contribution in [3.05, 3.63) is 33.5 Å². The van der Waals surface area contributed by atoms with Gasteiger partial charge in [0.05, 0.1) is 4.47 Å². The zero-order valence-electron chi connectivity index (χ0n) is 9.91. The molecule has 2 aromatic rings. The highest BCUT2D eigenvalue weighted by atomic mass is 79.9. The van der Waals surface area contributed by atoms with Crippen LogP contribution in [0.3, 0.4) is 0 Å². The second kappa shape index (κ2) is 6.36. The van der Waals surface area contributed by atoms with Gasteiger partial charge in [0.15, 0.2) is 0 Å². The molecular weight excluding hydrogens is 317 g/mol. The van der Waals surface area contributed by atoms with Gasteiger partial charge < -0.3 is 5.32 Å². The zero-order valence-corrected chi connectivity index (χ0v) is 12.3. The van der Waals surface area contributed by atoms with Gasteiger partial charge in [0.2, 0.25) is 0 Å². The molecule has 0 saturated heterocycles. The molecule has 0 amide bonds. The highest BCUT2D eigenvalue weighted by Crippen LogP contribution is 2.27. The molecule has 3 nitrogen and oxygen atoms in total. The largest absolute Gasteiger partial charge is 0.320 e. The third-order valence-corrected chi connectivity index (χ3v) is 4.13. The first-order valence-electron chi connectivity index (χ1n) is 5.63. The molecule has 0 radical (unpaired) electrons. The van der Waals surface area contributed by atoms with Gasteiger partial charge in [-0.1, -0.05) is 17.4 Å². The van der Waals surface area contributed by atoms with Crippen molar-refractivity contribution < 1.29 is 4.39 Å². The Morgan fingerprint density at radius 1 is 1.39 bits per heavy atom. The lowest BCUT2D eigenvalue weighted by Crippen LogP contribution is -2.08. The smallest absolute Gasteiger partial charge is 0.147 e. The van der Waals surface area contributed by atoms with E-state index in [1.54, 1.807) is 6.07 Å². The molecule has 0 atom stereocenters. The van der Waals surface area contributed by atoms with Crippen molar-refractivity contribution in [3.8, 4) is 10.6 Å². The summed E-state index contributed by atoms with van der Waals surface area (Å²) in [5, 5.41) is 13.1. The molecule has 0 aliphatic rings. The molecule has 1 aromatic carbocycles. The Labute approximate surface area is 118 Å². The van der Waals surface area contributed by atoms with Crippen molar-refractivity contribution in [1.29, 1.82) is 0 Å². The molecule has 0 fully saturated rings. The van der Waals surface area contributed by atoms with Gasteiger partial charge in [0.25, 0.3) is 0 Å². The summed E-state index contributed by atoms with van der Waals surface area (Å²) in [7, 11) is 1.93. The fraction of sp³-hybridized carbons (Fsp3) is 0.333. The Balaban J connectivity index is 2.11. The summed E-state index contributed by atoms with van der Waals surface area (Å²) in [4.78, 5) is 0. The molecule has 0 bridgehead atoms. The average Bonchev–Trinajstić information content (AvgIpc) is 2.82. The fourth-order valence-electron chi connectivity index (χ4n) is 1.52. The van der Waals surface area contributed by atoms with Gasteiger partial charge in [-0.05, 0) is 48.1 Å². The van der Waals surface area contributed by atoms with E-state index in [1.165, 1.54) is 17.4 Å². The Hall–Kier alpha value is -0.850. The van der Waals surface area contributed by atoms with Crippen LogP contribution < -0.4 is 5.32 Å². The van der Waals surface area contributed by atoms with Crippen LogP contribution in [-0.2, 0) is 6.42 Å². The molecule has 1 N–H and O–H groups in total. The Morgan fingerprint density at radius 2 is 2.22 bits per heavy atom. The summed E-state index contributed by atoms with van der Waals surface area (Å²) in [5.74, 6) is -0.278. The van der Waals surface area contributed by atoms with Crippen molar-refractivity contribution in [2.24, 2.45) is 0 Å². The molecule has 2 rings (SSSR count). The normalized spacial score (nSPS) is 10.8. The molecule has 1 aromatic heterocycles. The standard InChI is InChI=1S/C12H13BrFN3S/c1-15-6-2-3-11-16-17-12(18-11)8-4-5-9(13)10(14)7-8/h4-5,7,15H,2-3,6H2,1H3. The third-order valence-electron chi connectivity index (χ3n) is 2.45. The fourth-order valence-corrected chi connectivity index (χ4v) is 2.64. The summed E-state index contributed by atoms with van der Waals surface area (Å²) < 4.78 is 13.9. The second-order valence-corrected chi connectivity index (χ2v) is 5.75. The lowest BCUT2D eigenvalue weighted by Gasteiger charge is -1.97. The Bertz CT molecular complexity index is 530. The minimum absolute atomic E-state index is 0.278. The number of benzene rings is 1. The molecular formula is C12H13BrFN3S. The lowest BCUT2D eigenvalue weighted by atomic mass is 10.2. The minimum Gasteiger partial charge on any atom is -0.320 e. The molecule has 0 aliphatic carbocycles. The van der Waals surface area contributed by atoms with Crippen molar-refractivity contribution in [3.63, 3.8) is 0 Å². The molecule has 1 heterocycles. The quantitative estimate of drug-likeness (QED) is 0.855. The lowest BCUT2D eigenvalue weighted by molar-refractivity contribution is 0.621. The number of halogens is 2. The van der Waals surface area contributed by atoms with Crippen LogP contribution in [0.4, 0.5) is 4.39 Å². The number of rotatable bonds is 5. The molecule has 0 saturated carbocycles. The summed E-state index contributed by atoms with van der Waals surface area (Å²) >= 11 is 4.65. The maximum Gasteiger partial charge on any atom is 0.147 e. The van der Waals surface area contributed by atoms with Gasteiger partial charge in [0, 0.05) is 12.0 Å². The highest BCUT2D eigenvalue weighted by Gasteiger charge is 2.08. The summed E-state index contributed by atoms with van der Waals surface area (Å²) in [6.07, 6.45) is 1.93. The number of nitrogens with zero attached hydrogens (tertiary/aromatic N) is 2. The summed E-state index contributed by atoms with van der Waals surface area (Å²) in [6, 6.07) is 5.00. The van der Waals surface area contributed by atoms with E-state index in [4.69, 9.17) is 0 Å². The van der Waals surface area contributed by atoms with E-state index in [0.29, 0.717) is 4.47 Å². The maximum atomic E-state index is 13.4. The number of aromatic nitrogens is 2. The van der Waals surface area contributed by atoms with E-state index in [-0.39, 0.29) is 5.82 Å². The SMILES string of the molecule is CNCCCc1nnc(-c2ccc(Br)c(F)c2)s1. The van der Waals surface area contributed by atoms with E-state index < -0.39 is 0 Å². The van der Waals surface area contributed by atoms with Crippen molar-refractivity contribution in [1.82, 2.24) is 15.5 Å². The summed E-state index contributed by atoms with van der Waals surface area (Å²) in [6.45, 7) is 0.960. The van der Waals surface area contributed by atoms with Crippen LogP contribution in [0.2, 0.25) is 0 Å². The van der Waals surface area contributed by atoms with Crippen LogP contribution in [-0.4, -0.2) is 23.8 Å². The van der Waals surface area contributed by atoms with Crippen LogP contribution in [0.25, 0.3) is 10.6 Å². The van der Waals surface area contributed by atoms with Gasteiger partial charge in [-0.25, -0.2) is 4.39 Å². The van der Waals surface area contributed by atoms with E-state index in [1.807, 2.05) is 13.1 Å². The van der Waals surface area contributed by atoms with Gasteiger partial charge >= 0.3 is 0 Å². The molecule has 18 heavy (non-hydrogen) atoms. The van der Waals surface area contributed by atoms with E-state index >= 15 is 0 Å². The molecule has 96 valence electrons. The monoisotopic (exact) mass is 329 g/mol. The van der Waals surface area contributed by atoms with Gasteiger partial charge in [-0.15, -0.1) is 10.2 Å². The minimum atomic E-state index is -0.278. The number of hydrogen-bond donors (Lipinski definition) is 1. The average molecular weight is 330 g/mol. The second-order valence-electron chi connectivity index (χ2n) is 3.84. The topological polar surface area (TPSA) is 37.8 Å². The van der Waals surface area contributed by atoms with Crippen molar-refractivity contribution >= 4 is 27.3 Å². The predicted octanol–water partition coefficient (Wildman–Crippen LogP) is 3.26. The number of nitrogens with one attached hydrogen (secondary N) is 1. The van der Waals surface area contributed by atoms with Gasteiger partial charge in [-0.3, -0.25) is 0 Å². The maximum absolute atomic E-state index is 13.4. The highest BCUT2D eigenvalue weighted by molar-refractivity contribution is 9.10. The molecule has 0 unspecified atom stereocenters. The third kappa shape index (κ3) is 3.34. The molecule has 6 heteroatoms. The van der Waals surface area contributed by atoms with Crippen LogP contribution in [0, 0.1) is 5.82 Å². The van der Waals surface area contributed by atoms with Crippen LogP contribution in [0.15, 0.2) is 22.7 Å². The van der Waals surface area contributed by atoms with Crippen molar-refractivity contribution in [2.75, 3.05) is 13.6 Å². The molecule has 0 spiro atoms. The summed E-state index contributed by atoms with van der Waals surface area (Å²) in [5.41, 5.74) is 0.771. The number of hydrogen-bond acceptors (Lipinski definition) is 4.